The lowest BCUT2D eigenvalue weighted by Crippen LogP contribution is -2.17. The molecule has 0 amide bonds. The van der Waals surface area contributed by atoms with Crippen LogP contribution in [0.1, 0.15) is 12.0 Å². The molecule has 3 aromatic rings. The van der Waals surface area contributed by atoms with Crippen molar-refractivity contribution in [2.75, 3.05) is 37.8 Å². The summed E-state index contributed by atoms with van der Waals surface area (Å²) in [6.45, 7) is 2.51. The van der Waals surface area contributed by atoms with Crippen LogP contribution in [0.4, 0.5) is 11.8 Å². The van der Waals surface area contributed by atoms with Gasteiger partial charge in [0.15, 0.2) is 0 Å². The van der Waals surface area contributed by atoms with Crippen LogP contribution in [0.2, 0.25) is 0 Å². The van der Waals surface area contributed by atoms with Crippen molar-refractivity contribution in [2.24, 2.45) is 0 Å². The lowest BCUT2D eigenvalue weighted by atomic mass is 10.2. The summed E-state index contributed by atoms with van der Waals surface area (Å²) in [5, 5.41) is 6.76. The molecule has 0 saturated carbocycles. The van der Waals surface area contributed by atoms with Crippen LogP contribution in [0.15, 0.2) is 59.3 Å². The smallest absolute Gasteiger partial charge is 0.225 e. The van der Waals surface area contributed by atoms with E-state index in [-0.39, 0.29) is 0 Å². The summed E-state index contributed by atoms with van der Waals surface area (Å²) >= 11 is 3.59. The van der Waals surface area contributed by atoms with Crippen molar-refractivity contribution in [1.29, 1.82) is 0 Å². The number of nitrogens with one attached hydrogen (secondary N) is 2. The van der Waals surface area contributed by atoms with Crippen molar-refractivity contribution in [3.8, 4) is 11.3 Å². The zero-order chi connectivity index (χ0) is 19.8. The van der Waals surface area contributed by atoms with E-state index in [0.717, 1.165) is 41.1 Å². The molecule has 28 heavy (non-hydrogen) atoms. The highest BCUT2D eigenvalue weighted by atomic mass is 79.9. The zero-order valence-electron chi connectivity index (χ0n) is 16.2. The van der Waals surface area contributed by atoms with Gasteiger partial charge in [-0.15, -0.1) is 0 Å². The molecule has 3 rings (SSSR count). The van der Waals surface area contributed by atoms with Crippen molar-refractivity contribution in [3.05, 3.63) is 64.9 Å². The molecule has 2 heterocycles. The predicted molar refractivity (Wildman–Crippen MR) is 118 cm³/mol. The topological polar surface area (TPSA) is 66.0 Å². The average molecular weight is 441 g/mol. The Morgan fingerprint density at radius 1 is 1.00 bits per heavy atom. The van der Waals surface area contributed by atoms with Gasteiger partial charge < -0.3 is 15.5 Å². The second-order valence-corrected chi connectivity index (χ2v) is 7.58. The molecule has 0 unspecified atom stereocenters. The Balaban J connectivity index is 1.77. The molecular formula is C21H25BrN6. The van der Waals surface area contributed by atoms with E-state index in [1.165, 1.54) is 5.56 Å². The summed E-state index contributed by atoms with van der Waals surface area (Å²) in [4.78, 5) is 15.6. The standard InChI is InChI=1S/C21H25BrN6/c1-28(2)13-5-10-24-21-26-19(16-8-11-23-12-9-16)14-20(27-21)25-15-17-6-3-4-7-18(17)22/h3-4,6-9,11-12,14H,5,10,13,15H2,1-2H3,(H2,24,25,26,27). The minimum Gasteiger partial charge on any atom is -0.366 e. The molecule has 1 aromatic carbocycles. The molecule has 0 aliphatic heterocycles. The maximum Gasteiger partial charge on any atom is 0.225 e. The van der Waals surface area contributed by atoms with E-state index in [0.29, 0.717) is 12.5 Å². The molecule has 0 atom stereocenters. The Kier molecular flexibility index (Phi) is 7.33. The van der Waals surface area contributed by atoms with Crippen LogP contribution >= 0.6 is 15.9 Å². The highest BCUT2D eigenvalue weighted by molar-refractivity contribution is 9.10. The molecule has 0 saturated heterocycles. The van der Waals surface area contributed by atoms with Gasteiger partial charge in [-0.3, -0.25) is 4.98 Å². The third kappa shape index (κ3) is 6.00. The molecule has 2 N–H and O–H groups in total. The number of hydrogen-bond acceptors (Lipinski definition) is 6. The fraction of sp³-hybridized carbons (Fsp3) is 0.286. The van der Waals surface area contributed by atoms with E-state index in [9.17, 15) is 0 Å². The Bertz CT molecular complexity index is 885. The number of halogens is 1. The minimum absolute atomic E-state index is 0.627. The van der Waals surface area contributed by atoms with Crippen LogP contribution in [0.3, 0.4) is 0 Å². The Hall–Kier alpha value is -2.51. The lowest BCUT2D eigenvalue weighted by Gasteiger charge is -2.13. The highest BCUT2D eigenvalue weighted by Crippen LogP contribution is 2.22. The number of hydrogen-bond donors (Lipinski definition) is 2. The number of pyridine rings is 1. The molecule has 146 valence electrons. The molecule has 0 spiro atoms. The van der Waals surface area contributed by atoms with Gasteiger partial charge in [0, 0.05) is 41.6 Å². The molecule has 0 aliphatic rings. The minimum atomic E-state index is 0.627. The van der Waals surface area contributed by atoms with Crippen LogP contribution in [0, 0.1) is 0 Å². The molecule has 6 nitrogen and oxygen atoms in total. The van der Waals surface area contributed by atoms with Gasteiger partial charge in [-0.25, -0.2) is 4.98 Å². The Morgan fingerprint density at radius 2 is 1.79 bits per heavy atom. The van der Waals surface area contributed by atoms with Crippen LogP contribution in [0.5, 0.6) is 0 Å². The Labute approximate surface area is 174 Å². The van der Waals surface area contributed by atoms with Crippen LogP contribution in [-0.2, 0) is 6.54 Å². The number of nitrogens with zero attached hydrogens (tertiary/aromatic N) is 4. The average Bonchev–Trinajstić information content (AvgIpc) is 2.71. The van der Waals surface area contributed by atoms with Gasteiger partial charge in [0.05, 0.1) is 5.69 Å². The lowest BCUT2D eigenvalue weighted by molar-refractivity contribution is 0.405. The summed E-state index contributed by atoms with van der Waals surface area (Å²) < 4.78 is 1.08. The third-order valence-electron chi connectivity index (χ3n) is 4.19. The predicted octanol–water partition coefficient (Wildman–Crippen LogP) is 4.28. The van der Waals surface area contributed by atoms with Gasteiger partial charge in [0.1, 0.15) is 5.82 Å². The largest absolute Gasteiger partial charge is 0.366 e. The SMILES string of the molecule is CN(C)CCCNc1nc(NCc2ccccc2Br)cc(-c2ccncc2)n1. The van der Waals surface area contributed by atoms with E-state index < -0.39 is 0 Å². The van der Waals surface area contributed by atoms with Gasteiger partial charge >= 0.3 is 0 Å². The molecular weight excluding hydrogens is 416 g/mol. The van der Waals surface area contributed by atoms with Crippen molar-refractivity contribution in [1.82, 2.24) is 19.9 Å². The van der Waals surface area contributed by atoms with E-state index in [4.69, 9.17) is 0 Å². The van der Waals surface area contributed by atoms with E-state index in [1.54, 1.807) is 12.4 Å². The van der Waals surface area contributed by atoms with E-state index in [2.05, 4.69) is 66.6 Å². The number of benzene rings is 1. The van der Waals surface area contributed by atoms with Gasteiger partial charge in [-0.2, -0.15) is 4.98 Å². The third-order valence-corrected chi connectivity index (χ3v) is 4.96. The van der Waals surface area contributed by atoms with Crippen LogP contribution in [0.25, 0.3) is 11.3 Å². The normalized spacial score (nSPS) is 10.9. The first kappa shape index (κ1) is 20.2. The second kappa shape index (κ2) is 10.1. The monoisotopic (exact) mass is 440 g/mol. The van der Waals surface area contributed by atoms with Crippen molar-refractivity contribution < 1.29 is 0 Å². The number of rotatable bonds is 9. The van der Waals surface area contributed by atoms with Gasteiger partial charge in [-0.05, 0) is 50.8 Å². The molecule has 0 fully saturated rings. The maximum atomic E-state index is 4.68. The first-order chi connectivity index (χ1) is 13.6. The number of aromatic nitrogens is 3. The second-order valence-electron chi connectivity index (χ2n) is 6.73. The highest BCUT2D eigenvalue weighted by Gasteiger charge is 2.08. The fourth-order valence-corrected chi connectivity index (χ4v) is 3.14. The maximum absolute atomic E-state index is 4.68. The van der Waals surface area contributed by atoms with Crippen LogP contribution < -0.4 is 10.6 Å². The van der Waals surface area contributed by atoms with Crippen molar-refractivity contribution in [3.63, 3.8) is 0 Å². The molecule has 2 aromatic heterocycles. The summed E-state index contributed by atoms with van der Waals surface area (Å²) in [5.74, 6) is 1.41. The Morgan fingerprint density at radius 3 is 2.54 bits per heavy atom. The summed E-state index contributed by atoms with van der Waals surface area (Å²) in [7, 11) is 4.15. The summed E-state index contributed by atoms with van der Waals surface area (Å²) in [6, 6.07) is 14.0. The van der Waals surface area contributed by atoms with Crippen molar-refractivity contribution in [2.45, 2.75) is 13.0 Å². The van der Waals surface area contributed by atoms with Crippen molar-refractivity contribution >= 4 is 27.7 Å². The fourth-order valence-electron chi connectivity index (χ4n) is 2.71. The molecule has 0 bridgehead atoms. The first-order valence-electron chi connectivity index (χ1n) is 9.27. The molecule has 0 radical (unpaired) electrons. The van der Waals surface area contributed by atoms with Gasteiger partial charge in [0.2, 0.25) is 5.95 Å². The van der Waals surface area contributed by atoms with E-state index >= 15 is 0 Å². The number of anilines is 2. The quantitative estimate of drug-likeness (QED) is 0.484. The summed E-state index contributed by atoms with van der Waals surface area (Å²) in [6.07, 6.45) is 4.57. The molecule has 7 heteroatoms. The van der Waals surface area contributed by atoms with E-state index in [1.807, 2.05) is 36.4 Å². The van der Waals surface area contributed by atoms with Gasteiger partial charge in [0.25, 0.3) is 0 Å². The first-order valence-corrected chi connectivity index (χ1v) is 10.1. The van der Waals surface area contributed by atoms with Crippen LogP contribution in [-0.4, -0.2) is 47.0 Å². The van der Waals surface area contributed by atoms with Gasteiger partial charge in [-0.1, -0.05) is 34.1 Å². The molecule has 0 aliphatic carbocycles. The summed E-state index contributed by atoms with van der Waals surface area (Å²) in [5.41, 5.74) is 3.05. The zero-order valence-corrected chi connectivity index (χ0v) is 17.8.